The van der Waals surface area contributed by atoms with Gasteiger partial charge in [0.15, 0.2) is 0 Å². The summed E-state index contributed by atoms with van der Waals surface area (Å²) in [5, 5.41) is 9.73. The van der Waals surface area contributed by atoms with E-state index in [1.165, 1.54) is 11.4 Å². The standard InChI is InChI=1S/C25H33N5/c1-16(2)24-14-15-25(17(3)4)30(24)28-21(8)23-11-9-10-22(26-23)20(7)27-29-18(5)12-13-19(29)6/h9-17H,1-8H3. The Balaban J connectivity index is 2.00. The molecule has 0 fully saturated rings. The number of aryl methyl sites for hydroxylation is 2. The van der Waals surface area contributed by atoms with Crippen molar-refractivity contribution in [2.24, 2.45) is 10.2 Å². The summed E-state index contributed by atoms with van der Waals surface area (Å²) >= 11 is 0. The summed E-state index contributed by atoms with van der Waals surface area (Å²) in [7, 11) is 0. The van der Waals surface area contributed by atoms with Crippen LogP contribution < -0.4 is 0 Å². The van der Waals surface area contributed by atoms with Gasteiger partial charge in [-0.2, -0.15) is 10.2 Å². The number of nitrogens with zero attached hydrogens (tertiary/aromatic N) is 5. The maximum absolute atomic E-state index is 4.96. The van der Waals surface area contributed by atoms with E-state index in [1.807, 2.05) is 36.7 Å². The quantitative estimate of drug-likeness (QED) is 0.459. The molecule has 0 N–H and O–H groups in total. The Hall–Kier alpha value is -2.95. The van der Waals surface area contributed by atoms with Gasteiger partial charge in [0.2, 0.25) is 0 Å². The third-order valence-electron chi connectivity index (χ3n) is 5.32. The summed E-state index contributed by atoms with van der Waals surface area (Å²) in [5.41, 5.74) is 8.12. The van der Waals surface area contributed by atoms with Gasteiger partial charge in [0, 0.05) is 22.8 Å². The molecule has 0 unspecified atom stereocenters. The molecule has 0 spiro atoms. The number of hydrogen-bond donors (Lipinski definition) is 0. The third-order valence-corrected chi connectivity index (χ3v) is 5.32. The zero-order valence-corrected chi connectivity index (χ0v) is 19.4. The molecule has 0 radical (unpaired) electrons. The van der Waals surface area contributed by atoms with Crippen LogP contribution in [0.4, 0.5) is 0 Å². The first kappa shape index (κ1) is 21.8. The van der Waals surface area contributed by atoms with Crippen molar-refractivity contribution in [3.8, 4) is 0 Å². The molecule has 3 rings (SSSR count). The van der Waals surface area contributed by atoms with Crippen LogP contribution in [0, 0.1) is 13.8 Å². The fourth-order valence-corrected chi connectivity index (χ4v) is 3.51. The second-order valence-corrected chi connectivity index (χ2v) is 8.51. The van der Waals surface area contributed by atoms with Crippen molar-refractivity contribution in [3.05, 3.63) is 76.6 Å². The Bertz CT molecular complexity index is 1050. The van der Waals surface area contributed by atoms with Crippen LogP contribution in [-0.2, 0) is 0 Å². The normalized spacial score (nSPS) is 13.0. The second-order valence-electron chi connectivity index (χ2n) is 8.51. The van der Waals surface area contributed by atoms with Gasteiger partial charge < -0.3 is 0 Å². The minimum absolute atomic E-state index is 0.399. The van der Waals surface area contributed by atoms with Crippen molar-refractivity contribution in [3.63, 3.8) is 0 Å². The summed E-state index contributed by atoms with van der Waals surface area (Å²) < 4.78 is 4.04. The smallest absolute Gasteiger partial charge is 0.0867 e. The first-order chi connectivity index (χ1) is 14.2. The SMILES string of the molecule is CC(=Nn1c(C)ccc1C)c1cccc(C(C)=Nn2c(C(C)C)ccc2C(C)C)n1. The predicted octanol–water partition coefficient (Wildman–Crippen LogP) is 6.09. The summed E-state index contributed by atoms with van der Waals surface area (Å²) in [6.07, 6.45) is 0. The Labute approximate surface area is 180 Å². The van der Waals surface area contributed by atoms with Crippen LogP contribution in [0.25, 0.3) is 0 Å². The van der Waals surface area contributed by atoms with Crippen LogP contribution in [0.5, 0.6) is 0 Å². The molecule has 0 amide bonds. The average molecular weight is 404 g/mol. The fourth-order valence-electron chi connectivity index (χ4n) is 3.51. The molecule has 5 nitrogen and oxygen atoms in total. The van der Waals surface area contributed by atoms with E-state index in [-0.39, 0.29) is 0 Å². The van der Waals surface area contributed by atoms with E-state index in [4.69, 9.17) is 15.2 Å². The van der Waals surface area contributed by atoms with Gasteiger partial charge in [0.25, 0.3) is 0 Å². The van der Waals surface area contributed by atoms with Crippen LogP contribution >= 0.6 is 0 Å². The molecule has 0 aliphatic rings. The molecule has 0 bridgehead atoms. The lowest BCUT2D eigenvalue weighted by atomic mass is 10.1. The highest BCUT2D eigenvalue weighted by Crippen LogP contribution is 2.24. The summed E-state index contributed by atoms with van der Waals surface area (Å²) in [6, 6.07) is 14.5. The molecule has 3 aromatic heterocycles. The lowest BCUT2D eigenvalue weighted by molar-refractivity contribution is 0.665. The molecular formula is C25H33N5. The molecule has 3 aromatic rings. The van der Waals surface area contributed by atoms with Gasteiger partial charge in [0.1, 0.15) is 0 Å². The maximum atomic E-state index is 4.96. The van der Waals surface area contributed by atoms with E-state index >= 15 is 0 Å². The van der Waals surface area contributed by atoms with Gasteiger partial charge in [-0.1, -0.05) is 33.8 Å². The van der Waals surface area contributed by atoms with Crippen molar-refractivity contribution in [2.75, 3.05) is 0 Å². The topological polar surface area (TPSA) is 47.5 Å². The zero-order valence-electron chi connectivity index (χ0n) is 19.4. The molecule has 158 valence electrons. The molecule has 5 heteroatoms. The van der Waals surface area contributed by atoms with Crippen LogP contribution in [0.1, 0.15) is 87.5 Å². The number of rotatable bonds is 6. The molecule has 3 heterocycles. The zero-order chi connectivity index (χ0) is 22.0. The second kappa shape index (κ2) is 8.82. The highest BCUT2D eigenvalue weighted by molar-refractivity contribution is 6.00. The molecule has 0 aliphatic carbocycles. The summed E-state index contributed by atoms with van der Waals surface area (Å²) in [4.78, 5) is 4.85. The molecule has 0 saturated heterocycles. The first-order valence-corrected chi connectivity index (χ1v) is 10.6. The van der Waals surface area contributed by atoms with Crippen molar-refractivity contribution >= 4 is 11.4 Å². The Morgan fingerprint density at radius 1 is 0.700 bits per heavy atom. The number of pyridine rings is 1. The lowest BCUT2D eigenvalue weighted by Crippen LogP contribution is -2.11. The van der Waals surface area contributed by atoms with E-state index in [2.05, 4.69) is 70.5 Å². The van der Waals surface area contributed by atoms with Gasteiger partial charge in [-0.05, 0) is 75.9 Å². The molecule has 0 aliphatic heterocycles. The average Bonchev–Trinajstić information content (AvgIpc) is 3.26. The van der Waals surface area contributed by atoms with Crippen molar-refractivity contribution < 1.29 is 0 Å². The highest BCUT2D eigenvalue weighted by atomic mass is 15.4. The molecule has 0 saturated carbocycles. The highest BCUT2D eigenvalue weighted by Gasteiger charge is 2.14. The minimum atomic E-state index is 0.399. The van der Waals surface area contributed by atoms with Crippen molar-refractivity contribution in [1.29, 1.82) is 0 Å². The van der Waals surface area contributed by atoms with E-state index in [9.17, 15) is 0 Å². The number of aromatic nitrogens is 3. The minimum Gasteiger partial charge on any atom is -0.245 e. The predicted molar refractivity (Wildman–Crippen MR) is 126 cm³/mol. The maximum Gasteiger partial charge on any atom is 0.0867 e. The van der Waals surface area contributed by atoms with E-state index < -0.39 is 0 Å². The van der Waals surface area contributed by atoms with Crippen LogP contribution in [0.2, 0.25) is 0 Å². The molecule has 0 aromatic carbocycles. The monoisotopic (exact) mass is 403 g/mol. The van der Waals surface area contributed by atoms with Crippen LogP contribution in [0.3, 0.4) is 0 Å². The fraction of sp³-hybridized carbons (Fsp3) is 0.400. The van der Waals surface area contributed by atoms with Gasteiger partial charge in [0.05, 0.1) is 22.8 Å². The van der Waals surface area contributed by atoms with Crippen LogP contribution in [0.15, 0.2) is 52.7 Å². The lowest BCUT2D eigenvalue weighted by Gasteiger charge is -2.14. The first-order valence-electron chi connectivity index (χ1n) is 10.6. The van der Waals surface area contributed by atoms with Gasteiger partial charge >= 0.3 is 0 Å². The van der Waals surface area contributed by atoms with Crippen molar-refractivity contribution in [1.82, 2.24) is 14.3 Å². The van der Waals surface area contributed by atoms with Gasteiger partial charge in [-0.25, -0.2) is 14.3 Å². The van der Waals surface area contributed by atoms with Gasteiger partial charge in [-0.15, -0.1) is 0 Å². The third kappa shape index (κ3) is 4.45. The summed E-state index contributed by atoms with van der Waals surface area (Å²) in [5.74, 6) is 0.798. The number of hydrogen-bond acceptors (Lipinski definition) is 3. The van der Waals surface area contributed by atoms with Gasteiger partial charge in [-0.3, -0.25) is 0 Å². The Morgan fingerprint density at radius 3 is 1.57 bits per heavy atom. The summed E-state index contributed by atoms with van der Waals surface area (Å²) in [6.45, 7) is 16.9. The molecule has 0 atom stereocenters. The van der Waals surface area contributed by atoms with E-state index in [1.54, 1.807) is 0 Å². The largest absolute Gasteiger partial charge is 0.245 e. The molecule has 30 heavy (non-hydrogen) atoms. The van der Waals surface area contributed by atoms with E-state index in [0.717, 1.165) is 34.2 Å². The van der Waals surface area contributed by atoms with Crippen LogP contribution in [-0.4, -0.2) is 25.8 Å². The van der Waals surface area contributed by atoms with E-state index in [0.29, 0.717) is 11.8 Å². The van der Waals surface area contributed by atoms with Crippen molar-refractivity contribution in [2.45, 2.75) is 67.2 Å². The Kier molecular flexibility index (Phi) is 6.40. The molecular weight excluding hydrogens is 370 g/mol. The Morgan fingerprint density at radius 2 is 1.13 bits per heavy atom.